The number of carbonyl (C=O) groups excluding carboxylic acids is 1. The number of hydrogen-bond acceptors (Lipinski definition) is 3. The molecule has 5 heteroatoms. The highest BCUT2D eigenvalue weighted by Crippen LogP contribution is 2.31. The maximum absolute atomic E-state index is 12.4. The van der Waals surface area contributed by atoms with Crippen molar-refractivity contribution in [3.05, 3.63) is 58.6 Å². The molecule has 0 radical (unpaired) electrons. The maximum atomic E-state index is 12.4. The van der Waals surface area contributed by atoms with Gasteiger partial charge in [-0.25, -0.2) is 0 Å². The minimum absolute atomic E-state index is 0.191. The Kier molecular flexibility index (Phi) is 6.50. The Hall–Kier alpha value is -2.20. The summed E-state index contributed by atoms with van der Waals surface area (Å²) in [7, 11) is 0. The first-order valence-electron chi connectivity index (χ1n) is 8.01. The predicted molar refractivity (Wildman–Crippen MR) is 96.1 cm³/mol. The highest BCUT2D eigenvalue weighted by Gasteiger charge is 2.15. The normalized spacial score (nSPS) is 11.7. The largest absolute Gasteiger partial charge is 0.490 e. The number of amides is 1. The minimum atomic E-state index is -0.208. The Labute approximate surface area is 147 Å². The van der Waals surface area contributed by atoms with E-state index in [1.165, 1.54) is 0 Å². The van der Waals surface area contributed by atoms with Crippen LogP contribution in [0.3, 0.4) is 0 Å². The smallest absolute Gasteiger partial charge is 0.253 e. The first-order chi connectivity index (χ1) is 11.6. The lowest BCUT2D eigenvalue weighted by atomic mass is 10.1. The van der Waals surface area contributed by atoms with Gasteiger partial charge in [0.15, 0.2) is 11.5 Å². The minimum Gasteiger partial charge on any atom is -0.490 e. The van der Waals surface area contributed by atoms with E-state index in [0.717, 1.165) is 5.56 Å². The van der Waals surface area contributed by atoms with Gasteiger partial charge in [0.2, 0.25) is 0 Å². The van der Waals surface area contributed by atoms with E-state index in [2.05, 4.69) is 5.32 Å². The third-order valence-corrected chi connectivity index (χ3v) is 3.86. The molecule has 0 aliphatic carbocycles. The average molecular weight is 348 g/mol. The van der Waals surface area contributed by atoms with Crippen LogP contribution in [0.2, 0.25) is 5.02 Å². The van der Waals surface area contributed by atoms with Crippen molar-refractivity contribution >= 4 is 17.5 Å². The molecule has 1 N–H and O–H groups in total. The average Bonchev–Trinajstić information content (AvgIpc) is 2.57. The molecule has 0 heterocycles. The Morgan fingerprint density at radius 2 is 1.75 bits per heavy atom. The summed E-state index contributed by atoms with van der Waals surface area (Å²) in [6.45, 7) is 6.88. The lowest BCUT2D eigenvalue weighted by Gasteiger charge is -2.18. The van der Waals surface area contributed by atoms with Crippen molar-refractivity contribution in [2.45, 2.75) is 26.8 Å². The Morgan fingerprint density at radius 1 is 1.08 bits per heavy atom. The summed E-state index contributed by atoms with van der Waals surface area (Å²) in [4.78, 5) is 12.4. The number of ether oxygens (including phenoxy) is 2. The van der Waals surface area contributed by atoms with Gasteiger partial charge >= 0.3 is 0 Å². The third kappa shape index (κ3) is 4.42. The van der Waals surface area contributed by atoms with Crippen LogP contribution in [-0.2, 0) is 0 Å². The summed E-state index contributed by atoms with van der Waals surface area (Å²) in [5.41, 5.74) is 1.39. The van der Waals surface area contributed by atoms with E-state index in [1.54, 1.807) is 24.3 Å². The highest BCUT2D eigenvalue weighted by atomic mass is 35.5. The molecule has 0 aromatic heterocycles. The quantitative estimate of drug-likeness (QED) is 0.794. The van der Waals surface area contributed by atoms with Crippen molar-refractivity contribution in [2.75, 3.05) is 13.2 Å². The Bertz CT molecular complexity index is 703. The molecule has 1 unspecified atom stereocenters. The van der Waals surface area contributed by atoms with E-state index in [1.807, 2.05) is 39.0 Å². The summed E-state index contributed by atoms with van der Waals surface area (Å²) < 4.78 is 11.2. The summed E-state index contributed by atoms with van der Waals surface area (Å²) in [5.74, 6) is 1.17. The zero-order valence-electron chi connectivity index (χ0n) is 14.1. The van der Waals surface area contributed by atoms with Crippen LogP contribution in [0.25, 0.3) is 0 Å². The highest BCUT2D eigenvalue weighted by molar-refractivity contribution is 6.33. The van der Waals surface area contributed by atoms with Crippen LogP contribution in [-0.4, -0.2) is 19.1 Å². The standard InChI is InChI=1S/C19H22ClNO3/c1-4-23-17-11-10-14(12-18(17)24-5-2)13(3)21-19(22)15-8-6-7-9-16(15)20/h6-13H,4-5H2,1-3H3,(H,21,22). The molecule has 1 atom stereocenters. The molecule has 128 valence electrons. The van der Waals surface area contributed by atoms with Gasteiger partial charge in [0, 0.05) is 0 Å². The van der Waals surface area contributed by atoms with Gasteiger partial charge in [0.1, 0.15) is 0 Å². The van der Waals surface area contributed by atoms with Gasteiger partial charge in [-0.1, -0.05) is 29.8 Å². The van der Waals surface area contributed by atoms with E-state index in [0.29, 0.717) is 35.3 Å². The van der Waals surface area contributed by atoms with Crippen LogP contribution in [0.5, 0.6) is 11.5 Å². The summed E-state index contributed by atoms with van der Waals surface area (Å²) >= 11 is 6.07. The molecule has 4 nitrogen and oxygen atoms in total. The van der Waals surface area contributed by atoms with Gasteiger partial charge in [0.25, 0.3) is 5.91 Å². The fourth-order valence-corrected chi connectivity index (χ4v) is 2.56. The van der Waals surface area contributed by atoms with Gasteiger partial charge in [-0.2, -0.15) is 0 Å². The predicted octanol–water partition coefficient (Wildman–Crippen LogP) is 4.63. The molecular weight excluding hydrogens is 326 g/mol. The first kappa shape index (κ1) is 18.1. The Morgan fingerprint density at radius 3 is 2.42 bits per heavy atom. The molecule has 0 aliphatic rings. The molecule has 0 bridgehead atoms. The molecule has 0 fully saturated rings. The zero-order chi connectivity index (χ0) is 17.5. The number of rotatable bonds is 7. The van der Waals surface area contributed by atoms with Crippen molar-refractivity contribution in [3.63, 3.8) is 0 Å². The number of nitrogens with one attached hydrogen (secondary N) is 1. The van der Waals surface area contributed by atoms with Crippen LogP contribution in [0.15, 0.2) is 42.5 Å². The van der Waals surface area contributed by atoms with E-state index >= 15 is 0 Å². The van der Waals surface area contributed by atoms with Gasteiger partial charge in [-0.15, -0.1) is 0 Å². The van der Waals surface area contributed by atoms with Crippen molar-refractivity contribution in [1.29, 1.82) is 0 Å². The van der Waals surface area contributed by atoms with Crippen LogP contribution < -0.4 is 14.8 Å². The molecule has 2 rings (SSSR count). The number of benzene rings is 2. The van der Waals surface area contributed by atoms with Crippen LogP contribution in [0.1, 0.15) is 42.7 Å². The van der Waals surface area contributed by atoms with Crippen LogP contribution >= 0.6 is 11.6 Å². The van der Waals surface area contributed by atoms with Crippen LogP contribution in [0, 0.1) is 0 Å². The molecule has 1 amide bonds. The fraction of sp³-hybridized carbons (Fsp3) is 0.316. The second-order valence-corrected chi connectivity index (χ2v) is 5.65. The number of halogens is 1. The lowest BCUT2D eigenvalue weighted by Crippen LogP contribution is -2.26. The van der Waals surface area contributed by atoms with Crippen molar-refractivity contribution < 1.29 is 14.3 Å². The molecule has 2 aromatic carbocycles. The van der Waals surface area contributed by atoms with Gasteiger partial charge in [-0.05, 0) is 50.6 Å². The van der Waals surface area contributed by atoms with E-state index in [4.69, 9.17) is 21.1 Å². The summed E-state index contributed by atoms with van der Waals surface area (Å²) in [6.07, 6.45) is 0. The molecule has 0 spiro atoms. The lowest BCUT2D eigenvalue weighted by molar-refractivity contribution is 0.0940. The second-order valence-electron chi connectivity index (χ2n) is 5.25. The van der Waals surface area contributed by atoms with Crippen molar-refractivity contribution in [2.24, 2.45) is 0 Å². The summed E-state index contributed by atoms with van der Waals surface area (Å²) in [5, 5.41) is 3.39. The number of carbonyl (C=O) groups is 1. The Balaban J connectivity index is 2.17. The van der Waals surface area contributed by atoms with E-state index < -0.39 is 0 Å². The SMILES string of the molecule is CCOc1ccc(C(C)NC(=O)c2ccccc2Cl)cc1OCC. The van der Waals surface area contributed by atoms with Gasteiger partial charge in [-0.3, -0.25) is 4.79 Å². The maximum Gasteiger partial charge on any atom is 0.253 e. The molecule has 0 aliphatic heterocycles. The van der Waals surface area contributed by atoms with E-state index in [9.17, 15) is 4.79 Å². The van der Waals surface area contributed by atoms with Crippen LogP contribution in [0.4, 0.5) is 0 Å². The fourth-order valence-electron chi connectivity index (χ4n) is 2.34. The van der Waals surface area contributed by atoms with Crippen molar-refractivity contribution in [3.8, 4) is 11.5 Å². The molecule has 2 aromatic rings. The van der Waals surface area contributed by atoms with Gasteiger partial charge < -0.3 is 14.8 Å². The molecular formula is C19H22ClNO3. The zero-order valence-corrected chi connectivity index (χ0v) is 14.9. The van der Waals surface area contributed by atoms with E-state index in [-0.39, 0.29) is 11.9 Å². The molecule has 0 saturated carbocycles. The molecule has 24 heavy (non-hydrogen) atoms. The molecule has 0 saturated heterocycles. The van der Waals surface area contributed by atoms with Crippen molar-refractivity contribution in [1.82, 2.24) is 5.32 Å². The monoisotopic (exact) mass is 347 g/mol. The number of hydrogen-bond donors (Lipinski definition) is 1. The third-order valence-electron chi connectivity index (χ3n) is 3.53. The summed E-state index contributed by atoms with van der Waals surface area (Å²) in [6, 6.07) is 12.5. The second kappa shape index (κ2) is 8.60. The topological polar surface area (TPSA) is 47.6 Å². The first-order valence-corrected chi connectivity index (χ1v) is 8.39. The van der Waals surface area contributed by atoms with Gasteiger partial charge in [0.05, 0.1) is 29.8 Å².